The second kappa shape index (κ2) is 6.09. The average Bonchev–Trinajstić information content (AvgIpc) is 3.19. The van der Waals surface area contributed by atoms with Crippen molar-refractivity contribution < 1.29 is 4.74 Å². The average molecular weight is 271 g/mol. The molecular formula is C16H21N3O. The first kappa shape index (κ1) is 13.2. The van der Waals surface area contributed by atoms with Gasteiger partial charge in [0.2, 0.25) is 0 Å². The number of hydrogen-bond acceptors (Lipinski definition) is 3. The summed E-state index contributed by atoms with van der Waals surface area (Å²) >= 11 is 0. The maximum absolute atomic E-state index is 5.34. The van der Waals surface area contributed by atoms with Crippen LogP contribution in [0.5, 0.6) is 0 Å². The Balaban J connectivity index is 1.74. The lowest BCUT2D eigenvalue weighted by Crippen LogP contribution is -2.27. The molecule has 1 aliphatic carbocycles. The molecular weight excluding hydrogens is 250 g/mol. The third kappa shape index (κ3) is 3.20. The predicted molar refractivity (Wildman–Crippen MR) is 79.8 cm³/mol. The number of methoxy groups -OCH3 is 1. The van der Waals surface area contributed by atoms with Gasteiger partial charge < -0.3 is 10.1 Å². The van der Waals surface area contributed by atoms with Crippen LogP contribution in [0.4, 0.5) is 5.69 Å². The molecule has 1 aliphatic rings. The van der Waals surface area contributed by atoms with Gasteiger partial charge in [-0.25, -0.2) is 0 Å². The topological polar surface area (TPSA) is 39.1 Å². The normalized spacial score (nSPS) is 16.1. The first-order valence-corrected chi connectivity index (χ1v) is 7.17. The zero-order valence-corrected chi connectivity index (χ0v) is 11.8. The molecule has 1 N–H and O–H groups in total. The first-order chi connectivity index (χ1) is 9.86. The number of rotatable bonds is 7. The van der Waals surface area contributed by atoms with E-state index in [1.807, 2.05) is 23.1 Å². The summed E-state index contributed by atoms with van der Waals surface area (Å²) in [4.78, 5) is 0. The number of benzene rings is 1. The van der Waals surface area contributed by atoms with Crippen LogP contribution in [-0.2, 0) is 11.3 Å². The number of hydrogen-bond donors (Lipinski definition) is 1. The van der Waals surface area contributed by atoms with Crippen molar-refractivity contribution >= 4 is 5.69 Å². The molecule has 0 amide bonds. The minimum absolute atomic E-state index is 0.416. The largest absolute Gasteiger partial charge is 0.383 e. The molecule has 106 valence electrons. The van der Waals surface area contributed by atoms with Crippen molar-refractivity contribution in [3.63, 3.8) is 0 Å². The maximum atomic E-state index is 5.34. The summed E-state index contributed by atoms with van der Waals surface area (Å²) in [7, 11) is 1.77. The van der Waals surface area contributed by atoms with Gasteiger partial charge in [0.1, 0.15) is 0 Å². The van der Waals surface area contributed by atoms with Crippen molar-refractivity contribution in [2.45, 2.75) is 25.4 Å². The standard InChI is InChI=1S/C16H21N3O/c1-20-12-16(13-7-8-13)18-15-6-3-2-5-14(15)11-19-10-4-9-17-19/h2-6,9-10,13,16,18H,7-8,11-12H2,1H3. The summed E-state index contributed by atoms with van der Waals surface area (Å²) < 4.78 is 7.29. The first-order valence-electron chi connectivity index (χ1n) is 7.17. The van der Waals surface area contributed by atoms with Gasteiger partial charge in [-0.05, 0) is 36.5 Å². The number of nitrogens with one attached hydrogen (secondary N) is 1. The maximum Gasteiger partial charge on any atom is 0.0679 e. The fraction of sp³-hybridized carbons (Fsp3) is 0.438. The molecule has 1 fully saturated rings. The summed E-state index contributed by atoms with van der Waals surface area (Å²) in [6.07, 6.45) is 6.42. The third-order valence-electron chi connectivity index (χ3n) is 3.79. The second-order valence-electron chi connectivity index (χ2n) is 5.40. The van der Waals surface area contributed by atoms with Crippen LogP contribution in [0.2, 0.25) is 0 Å². The van der Waals surface area contributed by atoms with Gasteiger partial charge in [0, 0.05) is 25.2 Å². The van der Waals surface area contributed by atoms with Gasteiger partial charge in [-0.3, -0.25) is 4.68 Å². The fourth-order valence-electron chi connectivity index (χ4n) is 2.54. The Morgan fingerprint density at radius 3 is 2.90 bits per heavy atom. The van der Waals surface area contributed by atoms with E-state index in [1.165, 1.54) is 24.1 Å². The number of aromatic nitrogens is 2. The molecule has 1 unspecified atom stereocenters. The molecule has 2 aromatic rings. The molecule has 0 aliphatic heterocycles. The van der Waals surface area contributed by atoms with Gasteiger partial charge in [0.25, 0.3) is 0 Å². The summed E-state index contributed by atoms with van der Waals surface area (Å²) in [5.74, 6) is 0.757. The van der Waals surface area contributed by atoms with E-state index in [1.54, 1.807) is 7.11 Å². The monoisotopic (exact) mass is 271 g/mol. The molecule has 20 heavy (non-hydrogen) atoms. The van der Waals surface area contributed by atoms with E-state index in [9.17, 15) is 0 Å². The summed E-state index contributed by atoms with van der Waals surface area (Å²) in [6, 6.07) is 10.8. The predicted octanol–water partition coefficient (Wildman–Crippen LogP) is 2.77. The van der Waals surface area contributed by atoms with Gasteiger partial charge >= 0.3 is 0 Å². The lowest BCUT2D eigenvalue weighted by molar-refractivity contribution is 0.179. The van der Waals surface area contributed by atoms with Crippen molar-refractivity contribution in [2.75, 3.05) is 19.0 Å². The minimum Gasteiger partial charge on any atom is -0.383 e. The van der Waals surface area contributed by atoms with Crippen LogP contribution in [0.15, 0.2) is 42.7 Å². The Hall–Kier alpha value is -1.81. The highest BCUT2D eigenvalue weighted by atomic mass is 16.5. The Kier molecular flexibility index (Phi) is 4.02. The van der Waals surface area contributed by atoms with Crippen molar-refractivity contribution in [1.82, 2.24) is 9.78 Å². The SMILES string of the molecule is COCC(Nc1ccccc1Cn1cccn1)C1CC1. The molecule has 0 spiro atoms. The highest BCUT2D eigenvalue weighted by Gasteiger charge is 2.31. The van der Waals surface area contributed by atoms with E-state index in [0.29, 0.717) is 6.04 Å². The molecule has 1 aromatic carbocycles. The minimum atomic E-state index is 0.416. The number of para-hydroxylation sites is 1. The zero-order chi connectivity index (χ0) is 13.8. The molecule has 0 bridgehead atoms. The Morgan fingerprint density at radius 1 is 1.35 bits per heavy atom. The van der Waals surface area contributed by atoms with Crippen LogP contribution in [0, 0.1) is 5.92 Å². The molecule has 3 rings (SSSR count). The highest BCUT2D eigenvalue weighted by molar-refractivity contribution is 5.52. The fourth-order valence-corrected chi connectivity index (χ4v) is 2.54. The highest BCUT2D eigenvalue weighted by Crippen LogP contribution is 2.34. The lowest BCUT2D eigenvalue weighted by Gasteiger charge is -2.21. The van der Waals surface area contributed by atoms with Gasteiger partial charge in [-0.2, -0.15) is 5.10 Å². The number of anilines is 1. The molecule has 1 saturated carbocycles. The molecule has 0 saturated heterocycles. The van der Waals surface area contributed by atoms with Gasteiger partial charge in [-0.15, -0.1) is 0 Å². The van der Waals surface area contributed by atoms with E-state index < -0.39 is 0 Å². The van der Waals surface area contributed by atoms with E-state index in [4.69, 9.17) is 4.74 Å². The molecule has 4 heteroatoms. The van der Waals surface area contributed by atoms with Crippen LogP contribution < -0.4 is 5.32 Å². The van der Waals surface area contributed by atoms with Crippen LogP contribution >= 0.6 is 0 Å². The lowest BCUT2D eigenvalue weighted by atomic mass is 10.1. The van der Waals surface area contributed by atoms with E-state index in [-0.39, 0.29) is 0 Å². The van der Waals surface area contributed by atoms with Gasteiger partial charge in [-0.1, -0.05) is 18.2 Å². The van der Waals surface area contributed by atoms with E-state index in [0.717, 1.165) is 19.1 Å². The third-order valence-corrected chi connectivity index (χ3v) is 3.79. The quantitative estimate of drug-likeness (QED) is 0.841. The van der Waals surface area contributed by atoms with Gasteiger partial charge in [0.05, 0.1) is 19.2 Å². The molecule has 0 radical (unpaired) electrons. The number of nitrogens with zero attached hydrogens (tertiary/aromatic N) is 2. The van der Waals surface area contributed by atoms with E-state index >= 15 is 0 Å². The second-order valence-corrected chi connectivity index (χ2v) is 5.40. The summed E-state index contributed by atoms with van der Waals surface area (Å²) in [5, 5.41) is 7.94. The molecule has 1 heterocycles. The Morgan fingerprint density at radius 2 is 2.20 bits per heavy atom. The van der Waals surface area contributed by atoms with Crippen LogP contribution in [-0.4, -0.2) is 29.5 Å². The van der Waals surface area contributed by atoms with Crippen molar-refractivity contribution in [2.24, 2.45) is 5.92 Å². The van der Waals surface area contributed by atoms with Crippen molar-refractivity contribution in [3.8, 4) is 0 Å². The Labute approximate surface area is 119 Å². The van der Waals surface area contributed by atoms with Crippen molar-refractivity contribution in [1.29, 1.82) is 0 Å². The molecule has 1 atom stereocenters. The number of ether oxygens (including phenoxy) is 1. The van der Waals surface area contributed by atoms with E-state index in [2.05, 4.69) is 34.7 Å². The van der Waals surface area contributed by atoms with Crippen molar-refractivity contribution in [3.05, 3.63) is 48.3 Å². The summed E-state index contributed by atoms with van der Waals surface area (Å²) in [5.41, 5.74) is 2.45. The van der Waals surface area contributed by atoms with Gasteiger partial charge in [0.15, 0.2) is 0 Å². The molecule has 1 aromatic heterocycles. The smallest absolute Gasteiger partial charge is 0.0679 e. The Bertz CT molecular complexity index is 534. The van der Waals surface area contributed by atoms with Crippen LogP contribution in [0.1, 0.15) is 18.4 Å². The zero-order valence-electron chi connectivity index (χ0n) is 11.8. The van der Waals surface area contributed by atoms with Crippen LogP contribution in [0.25, 0.3) is 0 Å². The van der Waals surface area contributed by atoms with Crippen LogP contribution in [0.3, 0.4) is 0 Å². The molecule has 4 nitrogen and oxygen atoms in total. The summed E-state index contributed by atoms with van der Waals surface area (Å²) in [6.45, 7) is 1.56.